The monoisotopic (exact) mass is 363 g/mol. The maximum Gasteiger partial charge on any atom is 0.279 e. The Kier molecular flexibility index (Phi) is 5.90. The van der Waals surface area contributed by atoms with Crippen molar-refractivity contribution in [2.24, 2.45) is 0 Å². The Morgan fingerprint density at radius 2 is 1.86 bits per heavy atom. The number of benzene rings is 1. The van der Waals surface area contributed by atoms with Crippen LogP contribution in [0.3, 0.4) is 0 Å². The first-order valence-corrected chi connectivity index (χ1v) is 8.20. The van der Waals surface area contributed by atoms with Gasteiger partial charge >= 0.3 is 0 Å². The lowest BCUT2D eigenvalue weighted by atomic mass is 10.3. The van der Waals surface area contributed by atoms with Crippen LogP contribution in [0.2, 0.25) is 14.4 Å². The van der Waals surface area contributed by atoms with Crippen LogP contribution >= 0.6 is 46.1 Å². The van der Waals surface area contributed by atoms with Crippen molar-refractivity contribution >= 4 is 57.7 Å². The first-order chi connectivity index (χ1) is 9.95. The fourth-order valence-electron chi connectivity index (χ4n) is 1.88. The van der Waals surface area contributed by atoms with E-state index in [2.05, 4.69) is 5.32 Å². The fraction of sp³-hybridized carbons (Fsp3) is 0.214. The minimum atomic E-state index is -0.134. The summed E-state index contributed by atoms with van der Waals surface area (Å²) in [5.74, 6) is -0.134. The van der Waals surface area contributed by atoms with Gasteiger partial charge in [-0.3, -0.25) is 4.79 Å². The van der Waals surface area contributed by atoms with Crippen LogP contribution in [0.15, 0.2) is 30.3 Å². The van der Waals surface area contributed by atoms with Crippen molar-refractivity contribution in [1.29, 1.82) is 0 Å². The Labute approximate surface area is 142 Å². The van der Waals surface area contributed by atoms with E-state index in [1.54, 1.807) is 18.2 Å². The predicted octanol–water partition coefficient (Wildman–Crippen LogP) is 3.36. The number of hydrogen-bond acceptors (Lipinski definition) is 2. The summed E-state index contributed by atoms with van der Waals surface area (Å²) in [6.07, 6.45) is 0. The molecular weight excluding hydrogens is 351 g/mol. The molecule has 21 heavy (non-hydrogen) atoms. The van der Waals surface area contributed by atoms with Gasteiger partial charge in [0.2, 0.25) is 0 Å². The molecule has 7 heteroatoms. The molecule has 112 valence electrons. The number of carbonyl (C=O) groups excluding carboxylic acids is 1. The third kappa shape index (κ3) is 4.87. The highest BCUT2D eigenvalue weighted by atomic mass is 35.5. The number of carbonyl (C=O) groups is 1. The maximum atomic E-state index is 12.1. The Hall–Kier alpha value is -0.780. The van der Waals surface area contributed by atoms with E-state index < -0.39 is 0 Å². The second kappa shape index (κ2) is 7.47. The number of thiophene rings is 1. The number of para-hydroxylation sites is 1. The molecule has 1 amide bonds. The van der Waals surface area contributed by atoms with Crippen molar-refractivity contribution < 1.29 is 9.69 Å². The predicted molar refractivity (Wildman–Crippen MR) is 89.9 cm³/mol. The van der Waals surface area contributed by atoms with Gasteiger partial charge in [-0.15, -0.1) is 11.3 Å². The van der Waals surface area contributed by atoms with Crippen molar-refractivity contribution in [3.63, 3.8) is 0 Å². The third-order valence-corrected chi connectivity index (χ3v) is 4.66. The Morgan fingerprint density at radius 3 is 2.43 bits per heavy atom. The molecule has 0 aliphatic rings. The zero-order valence-electron chi connectivity index (χ0n) is 11.3. The van der Waals surface area contributed by atoms with Crippen LogP contribution in [0, 0.1) is 0 Å². The normalized spacial score (nSPS) is 12.2. The maximum absolute atomic E-state index is 12.1. The highest BCUT2D eigenvalue weighted by Gasteiger charge is 2.14. The molecular formula is C14H14Cl3N2OS+. The second-order valence-corrected chi connectivity index (χ2v) is 7.28. The van der Waals surface area contributed by atoms with E-state index in [-0.39, 0.29) is 5.91 Å². The van der Waals surface area contributed by atoms with Crippen molar-refractivity contribution in [3.05, 3.63) is 49.6 Å². The average Bonchev–Trinajstić information content (AvgIpc) is 2.79. The summed E-state index contributed by atoms with van der Waals surface area (Å²) >= 11 is 19.5. The summed E-state index contributed by atoms with van der Waals surface area (Å²) in [5, 5.41) is 3.61. The van der Waals surface area contributed by atoms with Gasteiger partial charge in [-0.2, -0.15) is 0 Å². The minimum absolute atomic E-state index is 0.134. The SMILES string of the molecule is C[NH+](CC(=O)Nc1c(Cl)cccc1Cl)Cc1ccc(Cl)s1. The molecule has 1 unspecified atom stereocenters. The standard InChI is InChI=1S/C14H13Cl3N2OS/c1-19(7-9-5-6-12(17)21-9)8-13(20)18-14-10(15)3-2-4-11(14)16/h2-6H,7-8H2,1H3,(H,18,20)/p+1. The third-order valence-electron chi connectivity index (χ3n) is 2.79. The van der Waals surface area contributed by atoms with E-state index in [4.69, 9.17) is 34.8 Å². The quantitative estimate of drug-likeness (QED) is 0.838. The molecule has 0 bridgehead atoms. The Morgan fingerprint density at radius 1 is 1.19 bits per heavy atom. The molecule has 0 radical (unpaired) electrons. The van der Waals surface area contributed by atoms with Crippen LogP contribution in [-0.4, -0.2) is 19.5 Å². The second-order valence-electron chi connectivity index (χ2n) is 4.66. The van der Waals surface area contributed by atoms with Gasteiger partial charge in [0.1, 0.15) is 6.54 Å². The molecule has 0 saturated carbocycles. The van der Waals surface area contributed by atoms with Crippen LogP contribution in [0.1, 0.15) is 4.88 Å². The number of amides is 1. The first kappa shape index (κ1) is 16.6. The Bertz CT molecular complexity index is 625. The van der Waals surface area contributed by atoms with Crippen LogP contribution < -0.4 is 10.2 Å². The lowest BCUT2D eigenvalue weighted by Gasteiger charge is -2.14. The van der Waals surface area contributed by atoms with Crippen LogP contribution in [-0.2, 0) is 11.3 Å². The highest BCUT2D eigenvalue weighted by Crippen LogP contribution is 2.29. The fourth-order valence-corrected chi connectivity index (χ4v) is 3.58. The number of anilines is 1. The molecule has 0 aliphatic carbocycles. The summed E-state index contributed by atoms with van der Waals surface area (Å²) in [6.45, 7) is 1.05. The van der Waals surface area contributed by atoms with Crippen LogP contribution in [0.25, 0.3) is 0 Å². The number of hydrogen-bond donors (Lipinski definition) is 2. The molecule has 0 saturated heterocycles. The smallest absolute Gasteiger partial charge is 0.279 e. The van der Waals surface area contributed by atoms with Crippen molar-refractivity contribution in [1.82, 2.24) is 0 Å². The number of quaternary nitrogens is 1. The molecule has 0 spiro atoms. The topological polar surface area (TPSA) is 33.5 Å². The van der Waals surface area contributed by atoms with Gasteiger partial charge in [0.25, 0.3) is 5.91 Å². The van der Waals surface area contributed by atoms with Gasteiger partial charge < -0.3 is 10.2 Å². The summed E-state index contributed by atoms with van der Waals surface area (Å²) in [4.78, 5) is 14.2. The number of rotatable bonds is 5. The van der Waals surface area contributed by atoms with Crippen molar-refractivity contribution in [3.8, 4) is 0 Å². The van der Waals surface area contributed by atoms with Crippen molar-refractivity contribution in [2.45, 2.75) is 6.54 Å². The molecule has 1 aromatic heterocycles. The van der Waals surface area contributed by atoms with E-state index in [1.807, 2.05) is 19.2 Å². The summed E-state index contributed by atoms with van der Waals surface area (Å²) in [7, 11) is 1.95. The molecule has 0 fully saturated rings. The van der Waals surface area contributed by atoms with Crippen molar-refractivity contribution in [2.75, 3.05) is 18.9 Å². The molecule has 2 aromatic rings. The molecule has 1 atom stereocenters. The summed E-state index contributed by atoms with van der Waals surface area (Å²) < 4.78 is 0.755. The lowest BCUT2D eigenvalue weighted by Crippen LogP contribution is -3.08. The average molecular weight is 365 g/mol. The zero-order valence-corrected chi connectivity index (χ0v) is 14.3. The van der Waals surface area contributed by atoms with Gasteiger partial charge in [-0.05, 0) is 24.3 Å². The van der Waals surface area contributed by atoms with E-state index in [0.717, 1.165) is 20.7 Å². The van der Waals surface area contributed by atoms with Gasteiger partial charge in [0.05, 0.1) is 32.0 Å². The van der Waals surface area contributed by atoms with Crippen LogP contribution in [0.5, 0.6) is 0 Å². The van der Waals surface area contributed by atoms with Gasteiger partial charge in [-0.1, -0.05) is 40.9 Å². The largest absolute Gasteiger partial charge is 0.325 e. The van der Waals surface area contributed by atoms with Gasteiger partial charge in [0, 0.05) is 0 Å². The van der Waals surface area contributed by atoms with Gasteiger partial charge in [0.15, 0.2) is 6.54 Å². The van der Waals surface area contributed by atoms with E-state index in [0.29, 0.717) is 22.3 Å². The van der Waals surface area contributed by atoms with E-state index >= 15 is 0 Å². The zero-order chi connectivity index (χ0) is 15.4. The summed E-state index contributed by atoms with van der Waals surface area (Å²) in [5.41, 5.74) is 0.456. The first-order valence-electron chi connectivity index (χ1n) is 6.25. The van der Waals surface area contributed by atoms with E-state index in [1.165, 1.54) is 11.3 Å². The molecule has 1 aromatic carbocycles. The number of halogens is 3. The number of likely N-dealkylation sites (N-methyl/N-ethyl adjacent to an activating group) is 1. The highest BCUT2D eigenvalue weighted by molar-refractivity contribution is 7.16. The van der Waals surface area contributed by atoms with E-state index in [9.17, 15) is 4.79 Å². The molecule has 0 aliphatic heterocycles. The molecule has 2 N–H and O–H groups in total. The van der Waals surface area contributed by atoms with Crippen LogP contribution in [0.4, 0.5) is 5.69 Å². The lowest BCUT2D eigenvalue weighted by molar-refractivity contribution is -0.884. The Balaban J connectivity index is 1.92. The molecule has 1 heterocycles. The minimum Gasteiger partial charge on any atom is -0.325 e. The number of nitrogens with one attached hydrogen (secondary N) is 2. The molecule has 2 rings (SSSR count). The van der Waals surface area contributed by atoms with Gasteiger partial charge in [-0.25, -0.2) is 0 Å². The summed E-state index contributed by atoms with van der Waals surface area (Å²) in [6, 6.07) is 8.94. The molecule has 3 nitrogen and oxygen atoms in total.